The Bertz CT molecular complexity index is 2240. The van der Waals surface area contributed by atoms with Gasteiger partial charge >= 0.3 is 0 Å². The van der Waals surface area contributed by atoms with Crippen molar-refractivity contribution in [2.75, 3.05) is 0 Å². The van der Waals surface area contributed by atoms with E-state index < -0.39 is 0 Å². The fraction of sp³-hybridized carbons (Fsp3) is 0.184. The maximum atomic E-state index is 4.11. The molecule has 8 heteroatoms. The van der Waals surface area contributed by atoms with Gasteiger partial charge in [0.2, 0.25) is 0 Å². The molecule has 0 spiro atoms. The normalized spacial score (nSPS) is 11.1. The summed E-state index contributed by atoms with van der Waals surface area (Å²) in [5, 5.41) is 0. The molecule has 8 nitrogen and oxygen atoms in total. The number of pyridine rings is 8. The van der Waals surface area contributed by atoms with E-state index in [9.17, 15) is 0 Å². The lowest BCUT2D eigenvalue weighted by atomic mass is 10.1. The predicted octanol–water partition coefficient (Wildman–Crippen LogP) is 6.14. The lowest BCUT2D eigenvalue weighted by molar-refractivity contribution is -0.727. The van der Waals surface area contributed by atoms with Crippen molar-refractivity contribution < 1.29 is 27.4 Å². The number of hydrogen-bond donors (Lipinski definition) is 0. The molecule has 0 unspecified atom stereocenters. The van der Waals surface area contributed by atoms with E-state index in [1.54, 1.807) is 0 Å². The van der Waals surface area contributed by atoms with Gasteiger partial charge in [-0.2, -0.15) is 0 Å². The van der Waals surface area contributed by atoms with Crippen LogP contribution in [0.25, 0.3) is 44.5 Å². The van der Waals surface area contributed by atoms with Crippen LogP contribution in [0.1, 0.15) is 19.3 Å². The fourth-order valence-corrected chi connectivity index (χ4v) is 7.19. The average molecular weight is 751 g/mol. The molecule has 0 saturated heterocycles. The van der Waals surface area contributed by atoms with E-state index in [0.717, 1.165) is 58.5 Å². The minimum absolute atomic E-state index is 0.975. The number of hydrogen-bond acceptors (Lipinski definition) is 2. The summed E-state index contributed by atoms with van der Waals surface area (Å²) in [6, 6.07) is 34.6. The highest BCUT2D eigenvalue weighted by atomic mass is 15.0. The van der Waals surface area contributed by atoms with Gasteiger partial charge < -0.3 is 0 Å². The monoisotopic (exact) mass is 750 g/mol. The van der Waals surface area contributed by atoms with Crippen LogP contribution in [0, 0.1) is 0 Å². The van der Waals surface area contributed by atoms with Crippen LogP contribution >= 0.6 is 0 Å². The van der Waals surface area contributed by atoms with Gasteiger partial charge in [-0.25, -0.2) is 27.4 Å². The maximum absolute atomic E-state index is 4.11. The Morgan fingerprint density at radius 1 is 0.228 bits per heavy atom. The Morgan fingerprint density at radius 3 is 0.561 bits per heavy atom. The van der Waals surface area contributed by atoms with Crippen molar-refractivity contribution in [3.05, 3.63) is 196 Å². The van der Waals surface area contributed by atoms with Gasteiger partial charge in [-0.15, -0.1) is 0 Å². The Labute approximate surface area is 335 Å². The Balaban J connectivity index is 0.739. The summed E-state index contributed by atoms with van der Waals surface area (Å²) in [6.45, 7) is 5.87. The molecule has 0 aliphatic carbocycles. The van der Waals surface area contributed by atoms with Crippen LogP contribution in [0.3, 0.4) is 0 Å². The second-order valence-corrected chi connectivity index (χ2v) is 14.5. The van der Waals surface area contributed by atoms with Gasteiger partial charge in [-0.3, -0.25) is 9.97 Å². The van der Waals surface area contributed by atoms with E-state index in [2.05, 4.69) is 185 Å². The van der Waals surface area contributed by atoms with E-state index in [-0.39, 0.29) is 0 Å². The number of aromatic nitrogens is 8. The van der Waals surface area contributed by atoms with Crippen molar-refractivity contribution in [1.29, 1.82) is 0 Å². The molecule has 0 amide bonds. The molecule has 8 aromatic heterocycles. The average Bonchev–Trinajstić information content (AvgIpc) is 3.28. The second kappa shape index (κ2) is 18.7. The first-order valence-corrected chi connectivity index (χ1v) is 20.0. The molecule has 0 aliphatic heterocycles. The van der Waals surface area contributed by atoms with Gasteiger partial charge in [-0.05, 0) is 68.8 Å². The third kappa shape index (κ3) is 10.3. The standard InChI is InChI=1S/C49H50N8/c1(24-52-30-8-44(9-31-52)42-4-20-50-21-5-42)26-54-34-12-46(13-35-54)48-16-38-56(39-17-48)28-3-29-57-40-18-49(19-41-57)47-14-36-55(37-15-47)27-2-25-53-32-10-45(11-33-53)43-6-22-51-23-7-43/h4-23,30-41H,1-3,24-29H2/q+6. The number of rotatable bonds is 16. The van der Waals surface area contributed by atoms with Crippen molar-refractivity contribution in [2.45, 2.75) is 58.5 Å². The van der Waals surface area contributed by atoms with E-state index >= 15 is 0 Å². The summed E-state index contributed by atoms with van der Waals surface area (Å²) < 4.78 is 13.6. The third-order valence-electron chi connectivity index (χ3n) is 10.5. The summed E-state index contributed by atoms with van der Waals surface area (Å²) in [6.07, 6.45) is 36.7. The van der Waals surface area contributed by atoms with Crippen LogP contribution in [0.4, 0.5) is 0 Å². The first-order chi connectivity index (χ1) is 28.2. The van der Waals surface area contributed by atoms with Crippen LogP contribution in [0.5, 0.6) is 0 Å². The largest absolute Gasteiger partial charge is 0.265 e. The lowest BCUT2D eigenvalue weighted by Gasteiger charge is -2.03. The first-order valence-electron chi connectivity index (χ1n) is 20.0. The highest BCUT2D eigenvalue weighted by Gasteiger charge is 2.11. The quantitative estimate of drug-likeness (QED) is 0.112. The topological polar surface area (TPSA) is 49.1 Å². The van der Waals surface area contributed by atoms with Crippen LogP contribution in [-0.4, -0.2) is 9.97 Å². The van der Waals surface area contributed by atoms with E-state index in [4.69, 9.17) is 0 Å². The molecule has 8 heterocycles. The summed E-state index contributed by atoms with van der Waals surface area (Å²) in [7, 11) is 0. The number of aryl methyl sites for hydroxylation is 6. The molecule has 0 aliphatic rings. The van der Waals surface area contributed by atoms with Crippen LogP contribution in [0.2, 0.25) is 0 Å². The number of nitrogens with zero attached hydrogens (tertiary/aromatic N) is 8. The van der Waals surface area contributed by atoms with Gasteiger partial charge in [0, 0.05) is 97.6 Å². The van der Waals surface area contributed by atoms with Crippen molar-refractivity contribution in [1.82, 2.24) is 9.97 Å². The van der Waals surface area contributed by atoms with Crippen molar-refractivity contribution in [2.24, 2.45) is 0 Å². The zero-order valence-corrected chi connectivity index (χ0v) is 32.4. The van der Waals surface area contributed by atoms with Crippen LogP contribution < -0.4 is 27.4 Å². The van der Waals surface area contributed by atoms with Crippen molar-refractivity contribution >= 4 is 0 Å². The molecule has 57 heavy (non-hydrogen) atoms. The summed E-state index contributed by atoms with van der Waals surface area (Å²) in [5.74, 6) is 0. The maximum Gasteiger partial charge on any atom is 0.169 e. The fourth-order valence-electron chi connectivity index (χ4n) is 7.19. The van der Waals surface area contributed by atoms with Crippen molar-refractivity contribution in [3.8, 4) is 44.5 Å². The molecule has 0 radical (unpaired) electrons. The Kier molecular flexibility index (Phi) is 12.2. The van der Waals surface area contributed by atoms with Gasteiger partial charge in [0.15, 0.2) is 114 Å². The molecule has 0 bridgehead atoms. The van der Waals surface area contributed by atoms with E-state index in [1.807, 2.05) is 49.1 Å². The minimum atomic E-state index is 0.975. The zero-order valence-electron chi connectivity index (χ0n) is 32.4. The van der Waals surface area contributed by atoms with Crippen LogP contribution in [-0.2, 0) is 39.3 Å². The second-order valence-electron chi connectivity index (χ2n) is 14.5. The predicted molar refractivity (Wildman–Crippen MR) is 218 cm³/mol. The highest BCUT2D eigenvalue weighted by Crippen LogP contribution is 2.18. The molecule has 0 atom stereocenters. The van der Waals surface area contributed by atoms with E-state index in [1.165, 1.54) is 44.5 Å². The SMILES string of the molecule is c1cc(-c2cc[n+](CCC[n+]3ccc(-c4cc[n+](CCC[n+]5ccc(-c6cc[n+](CCC[n+]7ccc(-c8ccncc8)cc7)cc6)cc5)cc4)cc3)cc2)ccn1. The van der Waals surface area contributed by atoms with Gasteiger partial charge in [0.25, 0.3) is 0 Å². The van der Waals surface area contributed by atoms with Gasteiger partial charge in [0.05, 0.1) is 19.3 Å². The smallest absolute Gasteiger partial charge is 0.169 e. The molecule has 0 fully saturated rings. The molecule has 0 N–H and O–H groups in total. The van der Waals surface area contributed by atoms with Gasteiger partial charge in [0.1, 0.15) is 0 Å². The molecule has 280 valence electrons. The molecule has 0 aromatic carbocycles. The lowest BCUT2D eigenvalue weighted by Crippen LogP contribution is -2.38. The molecular formula is C49H50N8+6. The highest BCUT2D eigenvalue weighted by molar-refractivity contribution is 5.63. The van der Waals surface area contributed by atoms with Crippen LogP contribution in [0.15, 0.2) is 196 Å². The third-order valence-corrected chi connectivity index (χ3v) is 10.5. The van der Waals surface area contributed by atoms with Crippen molar-refractivity contribution in [3.63, 3.8) is 0 Å². The molecule has 8 rings (SSSR count). The van der Waals surface area contributed by atoms with E-state index in [0.29, 0.717) is 0 Å². The first kappa shape index (κ1) is 37.1. The molecule has 0 saturated carbocycles. The minimum Gasteiger partial charge on any atom is -0.265 e. The van der Waals surface area contributed by atoms with Gasteiger partial charge in [-0.1, -0.05) is 0 Å². The summed E-state index contributed by atoms with van der Waals surface area (Å²) in [4.78, 5) is 8.23. The molecule has 8 aromatic rings. The summed E-state index contributed by atoms with van der Waals surface area (Å²) in [5.41, 5.74) is 9.76. The Morgan fingerprint density at radius 2 is 0.386 bits per heavy atom. The Hall–Kier alpha value is -6.80. The summed E-state index contributed by atoms with van der Waals surface area (Å²) >= 11 is 0. The zero-order chi connectivity index (χ0) is 38.5. The molecular weight excluding hydrogens is 701 g/mol.